The molecule has 3 aromatic rings. The van der Waals surface area contributed by atoms with E-state index in [1.54, 1.807) is 13.2 Å². The number of aliphatic hydroxyl groups excluding tert-OH is 1. The lowest BCUT2D eigenvalue weighted by molar-refractivity contribution is -0.140. The molecule has 1 aliphatic rings. The monoisotopic (exact) mass is 499 g/mol. The molecule has 1 fully saturated rings. The first-order valence-electron chi connectivity index (χ1n) is 12.3. The van der Waals surface area contributed by atoms with Crippen molar-refractivity contribution in [1.29, 1.82) is 0 Å². The normalized spacial score (nSPS) is 16.9. The number of carbonyl (C=O) groups excluding carboxylic acids is 2. The van der Waals surface area contributed by atoms with Crippen LogP contribution < -0.4 is 9.47 Å². The topological polar surface area (TPSA) is 76.1 Å². The number of benzene rings is 3. The van der Waals surface area contributed by atoms with Crippen LogP contribution in [0.25, 0.3) is 5.76 Å². The highest BCUT2D eigenvalue weighted by Gasteiger charge is 2.46. The van der Waals surface area contributed by atoms with Gasteiger partial charge in [-0.2, -0.15) is 0 Å². The summed E-state index contributed by atoms with van der Waals surface area (Å²) in [6.07, 6.45) is 0. The lowest BCUT2D eigenvalue weighted by Gasteiger charge is -2.26. The summed E-state index contributed by atoms with van der Waals surface area (Å²) in [4.78, 5) is 28.4. The maximum atomic E-state index is 13.5. The van der Waals surface area contributed by atoms with Crippen LogP contribution in [0.2, 0.25) is 0 Å². The van der Waals surface area contributed by atoms with Crippen molar-refractivity contribution < 1.29 is 24.2 Å². The maximum absolute atomic E-state index is 13.5. The predicted molar refractivity (Wildman–Crippen MR) is 144 cm³/mol. The molecule has 4 rings (SSSR count). The van der Waals surface area contributed by atoms with Gasteiger partial charge in [-0.25, -0.2) is 0 Å². The Hall–Kier alpha value is -4.06. The molecule has 0 bridgehead atoms. The van der Waals surface area contributed by atoms with Crippen molar-refractivity contribution in [2.45, 2.75) is 46.2 Å². The molecule has 1 aliphatic heterocycles. The molecule has 0 radical (unpaired) electrons. The third-order valence-corrected chi connectivity index (χ3v) is 6.85. The number of hydrogen-bond acceptors (Lipinski definition) is 5. The lowest BCUT2D eigenvalue weighted by atomic mass is 9.92. The number of likely N-dealkylation sites (tertiary alicyclic amines) is 1. The molecule has 37 heavy (non-hydrogen) atoms. The molecule has 1 atom stereocenters. The highest BCUT2D eigenvalue weighted by atomic mass is 16.5. The number of aryl methyl sites for hydroxylation is 2. The Morgan fingerprint density at radius 1 is 0.946 bits per heavy atom. The van der Waals surface area contributed by atoms with E-state index in [9.17, 15) is 14.7 Å². The molecule has 1 saturated heterocycles. The number of nitrogens with zero attached hydrogens (tertiary/aromatic N) is 1. The first kappa shape index (κ1) is 26.0. The summed E-state index contributed by atoms with van der Waals surface area (Å²) in [5, 5.41) is 11.6. The number of amides is 1. The fourth-order valence-corrected chi connectivity index (χ4v) is 4.93. The summed E-state index contributed by atoms with van der Waals surface area (Å²) in [5.74, 6) is -0.105. The molecule has 1 N–H and O–H groups in total. The SMILES string of the molecule is COc1ccc(CN2C(=O)C(=O)/C(=C(/O)c3cc(C)cc(C)c3OC)C2c2ccc(C(C)C)cc2)cc1. The summed E-state index contributed by atoms with van der Waals surface area (Å²) in [5.41, 5.74) is 4.93. The summed E-state index contributed by atoms with van der Waals surface area (Å²) in [6, 6.07) is 18.2. The van der Waals surface area contributed by atoms with E-state index in [2.05, 4.69) is 13.8 Å². The van der Waals surface area contributed by atoms with E-state index in [4.69, 9.17) is 9.47 Å². The molecule has 0 saturated carbocycles. The van der Waals surface area contributed by atoms with Gasteiger partial charge in [0, 0.05) is 6.54 Å². The number of ketones is 1. The van der Waals surface area contributed by atoms with Gasteiger partial charge in [0.1, 0.15) is 17.3 Å². The van der Waals surface area contributed by atoms with Crippen LogP contribution in [-0.2, 0) is 16.1 Å². The predicted octanol–water partition coefficient (Wildman–Crippen LogP) is 6.07. The van der Waals surface area contributed by atoms with E-state index >= 15 is 0 Å². The van der Waals surface area contributed by atoms with Crippen molar-refractivity contribution in [1.82, 2.24) is 4.90 Å². The van der Waals surface area contributed by atoms with Crippen molar-refractivity contribution in [2.24, 2.45) is 0 Å². The van der Waals surface area contributed by atoms with Crippen LogP contribution in [0.15, 0.2) is 66.2 Å². The van der Waals surface area contributed by atoms with Gasteiger partial charge < -0.3 is 19.5 Å². The Morgan fingerprint density at radius 2 is 1.59 bits per heavy atom. The zero-order chi connectivity index (χ0) is 26.9. The minimum atomic E-state index is -0.756. The minimum Gasteiger partial charge on any atom is -0.507 e. The summed E-state index contributed by atoms with van der Waals surface area (Å²) in [6.45, 7) is 8.21. The number of carbonyl (C=O) groups is 2. The van der Waals surface area contributed by atoms with Crippen LogP contribution in [0.4, 0.5) is 0 Å². The zero-order valence-electron chi connectivity index (χ0n) is 22.2. The Balaban J connectivity index is 1.89. The second kappa shape index (κ2) is 10.5. The van der Waals surface area contributed by atoms with Crippen molar-refractivity contribution in [3.05, 3.63) is 99.6 Å². The second-order valence-electron chi connectivity index (χ2n) is 9.76. The third-order valence-electron chi connectivity index (χ3n) is 6.85. The van der Waals surface area contributed by atoms with Gasteiger partial charge in [-0.15, -0.1) is 0 Å². The number of rotatable bonds is 7. The van der Waals surface area contributed by atoms with E-state index in [0.29, 0.717) is 23.0 Å². The molecule has 192 valence electrons. The number of hydrogen-bond donors (Lipinski definition) is 1. The smallest absolute Gasteiger partial charge is 0.295 e. The molecule has 0 spiro atoms. The van der Waals surface area contributed by atoms with Crippen molar-refractivity contribution in [2.75, 3.05) is 14.2 Å². The standard InChI is InChI=1S/C31H33NO5/c1-18(2)22-9-11-23(12-10-22)27-26(28(33)25-16-19(3)15-20(4)30(25)37-6)29(34)31(35)32(27)17-21-7-13-24(36-5)14-8-21/h7-16,18,27,33H,17H2,1-6H3/b28-26+. The Kier molecular flexibility index (Phi) is 7.39. The van der Waals surface area contributed by atoms with Crippen LogP contribution in [0.5, 0.6) is 11.5 Å². The van der Waals surface area contributed by atoms with Crippen molar-refractivity contribution in [3.63, 3.8) is 0 Å². The Labute approximate surface area is 218 Å². The van der Waals surface area contributed by atoms with Crippen LogP contribution in [0.3, 0.4) is 0 Å². The van der Waals surface area contributed by atoms with Crippen LogP contribution in [-0.4, -0.2) is 35.9 Å². The lowest BCUT2D eigenvalue weighted by Crippen LogP contribution is -2.29. The quantitative estimate of drug-likeness (QED) is 0.243. The van der Waals surface area contributed by atoms with Crippen LogP contribution in [0.1, 0.15) is 59.2 Å². The van der Waals surface area contributed by atoms with Crippen LogP contribution >= 0.6 is 0 Å². The summed E-state index contributed by atoms with van der Waals surface area (Å²) < 4.78 is 10.8. The van der Waals surface area contributed by atoms with Crippen LogP contribution in [0, 0.1) is 13.8 Å². The zero-order valence-corrected chi connectivity index (χ0v) is 22.2. The largest absolute Gasteiger partial charge is 0.507 e. The molecule has 0 aromatic heterocycles. The Morgan fingerprint density at radius 3 is 2.16 bits per heavy atom. The van der Waals surface area contributed by atoms with E-state index in [0.717, 1.165) is 27.8 Å². The first-order valence-corrected chi connectivity index (χ1v) is 12.3. The molecule has 6 nitrogen and oxygen atoms in total. The molecule has 1 heterocycles. The molecule has 3 aromatic carbocycles. The molecule has 6 heteroatoms. The maximum Gasteiger partial charge on any atom is 0.295 e. The fraction of sp³-hybridized carbons (Fsp3) is 0.290. The fourth-order valence-electron chi connectivity index (χ4n) is 4.93. The molecule has 1 amide bonds. The number of ether oxygens (including phenoxy) is 2. The van der Waals surface area contributed by atoms with Crippen molar-refractivity contribution >= 4 is 17.4 Å². The van der Waals surface area contributed by atoms with Gasteiger partial charge in [0.15, 0.2) is 0 Å². The van der Waals surface area contributed by atoms with Crippen molar-refractivity contribution in [3.8, 4) is 11.5 Å². The van der Waals surface area contributed by atoms with E-state index in [1.807, 2.05) is 68.4 Å². The first-order chi connectivity index (χ1) is 17.7. The number of aliphatic hydroxyl groups is 1. The second-order valence-corrected chi connectivity index (χ2v) is 9.76. The van der Waals surface area contributed by atoms with E-state index in [1.165, 1.54) is 12.0 Å². The van der Waals surface area contributed by atoms with Gasteiger partial charge >= 0.3 is 0 Å². The highest BCUT2D eigenvalue weighted by Crippen LogP contribution is 2.42. The number of methoxy groups -OCH3 is 2. The van der Waals surface area contributed by atoms with Gasteiger partial charge in [-0.3, -0.25) is 9.59 Å². The highest BCUT2D eigenvalue weighted by molar-refractivity contribution is 6.46. The van der Waals surface area contributed by atoms with Gasteiger partial charge in [-0.1, -0.05) is 56.3 Å². The van der Waals surface area contributed by atoms with E-state index < -0.39 is 17.7 Å². The molecular weight excluding hydrogens is 466 g/mol. The van der Waals surface area contributed by atoms with Gasteiger partial charge in [0.05, 0.1) is 31.4 Å². The molecular formula is C31H33NO5. The van der Waals surface area contributed by atoms with Gasteiger partial charge in [-0.05, 0) is 65.8 Å². The minimum absolute atomic E-state index is 0.0547. The third kappa shape index (κ3) is 4.96. The van der Waals surface area contributed by atoms with E-state index in [-0.39, 0.29) is 17.9 Å². The van der Waals surface area contributed by atoms with Gasteiger partial charge in [0.2, 0.25) is 0 Å². The summed E-state index contributed by atoms with van der Waals surface area (Å²) in [7, 11) is 3.12. The number of Topliss-reactive ketones (excluding diaryl/α,β-unsaturated/α-hetero) is 1. The molecule has 0 aliphatic carbocycles. The average molecular weight is 500 g/mol. The summed E-state index contributed by atoms with van der Waals surface area (Å²) >= 11 is 0. The Bertz CT molecular complexity index is 1350. The van der Waals surface area contributed by atoms with Gasteiger partial charge in [0.25, 0.3) is 11.7 Å². The molecule has 1 unspecified atom stereocenters. The average Bonchev–Trinajstić information content (AvgIpc) is 3.13.